The minimum absolute atomic E-state index is 0.139. The summed E-state index contributed by atoms with van der Waals surface area (Å²) in [6, 6.07) is 17.6. The molecule has 0 aliphatic carbocycles. The smallest absolute Gasteiger partial charge is 0.507 e. The Morgan fingerprint density at radius 2 is 0.937 bits per heavy atom. The lowest BCUT2D eigenvalue weighted by molar-refractivity contribution is 0.284. The first-order valence-electron chi connectivity index (χ1n) is 23.8. The second-order valence-electron chi connectivity index (χ2n) is 23.6. The van der Waals surface area contributed by atoms with Gasteiger partial charge < -0.3 is 18.7 Å². The fourth-order valence-electron chi connectivity index (χ4n) is 8.70. The molecule has 0 spiro atoms. The van der Waals surface area contributed by atoms with Crippen molar-refractivity contribution in [3.8, 4) is 23.0 Å². The minimum Gasteiger partial charge on any atom is -0.507 e. The molecule has 1 N–H and O–H groups in total. The molecule has 1 heterocycles. The van der Waals surface area contributed by atoms with Gasteiger partial charge in [0.25, 0.3) is 0 Å². The van der Waals surface area contributed by atoms with Crippen LogP contribution >= 0.6 is 7.82 Å². The van der Waals surface area contributed by atoms with Crippen LogP contribution in [0.5, 0.6) is 23.0 Å². The Morgan fingerprint density at radius 3 is 1.33 bits per heavy atom. The number of hydrogen-bond donors (Lipinski definition) is 1. The molecule has 0 aromatic heterocycles. The van der Waals surface area contributed by atoms with E-state index in [1.165, 1.54) is 11.1 Å². The largest absolute Gasteiger partial charge is 0.647 e. The zero-order valence-corrected chi connectivity index (χ0v) is 44.2. The number of phosphoric acid groups is 1. The molecule has 1 aliphatic rings. The predicted molar refractivity (Wildman–Crippen MR) is 267 cm³/mol. The highest BCUT2D eigenvalue weighted by molar-refractivity contribution is 7.49. The summed E-state index contributed by atoms with van der Waals surface area (Å²) in [4.78, 5) is 0. The van der Waals surface area contributed by atoms with Gasteiger partial charge in [-0.05, 0) is 94.3 Å². The van der Waals surface area contributed by atoms with Crippen molar-refractivity contribution in [1.29, 1.82) is 0 Å². The molecule has 5 rings (SSSR count). The van der Waals surface area contributed by atoms with E-state index in [2.05, 4.69) is 194 Å². The fraction of sp³-hybridized carbons (Fsp3) is 0.579. The SMILES string of the molecule is CCC(C)(C)c1cc(C(C)c2cc(C(C)(C)CC)cc(C(C)(C)CC)c2OP2(=O)Oc3c(cc(C)cc3C(C)(C)C)Cc3cc(C)cc(C(C)(C)C)c3O2)c(O)c(C(C)(C)CC)c1. The lowest BCUT2D eigenvalue weighted by Crippen LogP contribution is -2.25. The summed E-state index contributed by atoms with van der Waals surface area (Å²) in [7, 11) is -4.58. The number of aromatic hydroxyl groups is 1. The lowest BCUT2D eigenvalue weighted by atomic mass is 9.72. The van der Waals surface area contributed by atoms with E-state index in [0.717, 1.165) is 81.3 Å². The van der Waals surface area contributed by atoms with Gasteiger partial charge in [-0.1, -0.05) is 191 Å². The maximum absolute atomic E-state index is 16.4. The van der Waals surface area contributed by atoms with Crippen molar-refractivity contribution in [2.24, 2.45) is 0 Å². The zero-order valence-electron chi connectivity index (χ0n) is 43.3. The molecule has 6 heteroatoms. The van der Waals surface area contributed by atoms with Gasteiger partial charge in [0, 0.05) is 45.7 Å². The summed E-state index contributed by atoms with van der Waals surface area (Å²) in [5, 5.41) is 12.6. The van der Waals surface area contributed by atoms with E-state index < -0.39 is 13.2 Å². The van der Waals surface area contributed by atoms with Gasteiger partial charge in [0.1, 0.15) is 23.0 Å². The van der Waals surface area contributed by atoms with E-state index in [-0.39, 0.29) is 33.0 Å². The lowest BCUT2D eigenvalue weighted by Gasteiger charge is -2.36. The predicted octanol–water partition coefficient (Wildman–Crippen LogP) is 17.1. The highest BCUT2D eigenvalue weighted by atomic mass is 31.2. The summed E-state index contributed by atoms with van der Waals surface area (Å²) < 4.78 is 37.7. The monoisotopic (exact) mass is 879 g/mol. The average Bonchev–Trinajstić information content (AvgIpc) is 3.17. The maximum atomic E-state index is 16.4. The van der Waals surface area contributed by atoms with Gasteiger partial charge in [0.2, 0.25) is 0 Å². The van der Waals surface area contributed by atoms with E-state index in [9.17, 15) is 5.11 Å². The Kier molecular flexibility index (Phi) is 13.8. The van der Waals surface area contributed by atoms with Crippen molar-refractivity contribution in [3.63, 3.8) is 0 Å². The van der Waals surface area contributed by atoms with Crippen LogP contribution in [0.4, 0.5) is 0 Å². The number of phosphoric ester groups is 1. The standard InChI is InChI=1S/C57H83O5P/c1-22-54(14,15)40-31-42(48(58)44(33-40)56(18,19)24-3)37(7)43-32-41(55(16,17)23-2)34-47(57(20,21)25-4)51(43)62-63(59)60-49-38(26-35(5)28-45(49)52(8,9)10)30-39-27-36(6)29-46(50(39)61-63)53(11,12)13/h26-29,31-34,37,58H,22-25,30H2,1-21H3. The summed E-state index contributed by atoms with van der Waals surface area (Å²) in [5.74, 6) is 1.51. The fourth-order valence-corrected chi connectivity index (χ4v) is 10.1. The van der Waals surface area contributed by atoms with Gasteiger partial charge >= 0.3 is 7.82 Å². The van der Waals surface area contributed by atoms with Gasteiger partial charge in [-0.15, -0.1) is 0 Å². The highest BCUT2D eigenvalue weighted by Crippen LogP contribution is 2.60. The zero-order chi connectivity index (χ0) is 47.6. The molecule has 4 aromatic rings. The maximum Gasteiger partial charge on any atom is 0.647 e. The molecule has 5 nitrogen and oxygen atoms in total. The Bertz CT molecular complexity index is 2320. The van der Waals surface area contributed by atoms with Crippen molar-refractivity contribution >= 4 is 7.82 Å². The Hall–Kier alpha value is -3.69. The van der Waals surface area contributed by atoms with Crippen LogP contribution in [0, 0.1) is 13.8 Å². The Morgan fingerprint density at radius 1 is 0.556 bits per heavy atom. The van der Waals surface area contributed by atoms with Gasteiger partial charge in [0.15, 0.2) is 0 Å². The molecule has 1 aliphatic heterocycles. The average molecular weight is 879 g/mol. The van der Waals surface area contributed by atoms with E-state index in [0.29, 0.717) is 29.4 Å². The van der Waals surface area contributed by atoms with E-state index in [4.69, 9.17) is 13.6 Å². The summed E-state index contributed by atoms with van der Waals surface area (Å²) in [5.41, 5.74) is 10.2. The summed E-state index contributed by atoms with van der Waals surface area (Å²) in [6.45, 7) is 46.2. The molecule has 63 heavy (non-hydrogen) atoms. The van der Waals surface area contributed by atoms with Crippen LogP contribution in [0.2, 0.25) is 0 Å². The van der Waals surface area contributed by atoms with Gasteiger partial charge in [-0.2, -0.15) is 4.57 Å². The molecule has 4 aromatic carbocycles. The van der Waals surface area contributed by atoms with Gasteiger partial charge in [-0.25, -0.2) is 0 Å². The number of aryl methyl sites for hydroxylation is 2. The van der Waals surface area contributed by atoms with Crippen LogP contribution in [0.25, 0.3) is 0 Å². The number of phenolic OH excluding ortho intramolecular Hbond substituents is 1. The van der Waals surface area contributed by atoms with Crippen LogP contribution in [-0.2, 0) is 43.5 Å². The van der Waals surface area contributed by atoms with Crippen molar-refractivity contribution in [2.75, 3.05) is 0 Å². The highest BCUT2D eigenvalue weighted by Gasteiger charge is 2.44. The molecule has 0 radical (unpaired) electrons. The van der Waals surface area contributed by atoms with Crippen LogP contribution in [0.1, 0.15) is 230 Å². The van der Waals surface area contributed by atoms with E-state index in [1.54, 1.807) is 0 Å². The number of hydrogen-bond acceptors (Lipinski definition) is 5. The number of fused-ring (bicyclic) bond motifs is 2. The Balaban J connectivity index is 1.96. The normalized spacial score (nSPS) is 15.4. The minimum atomic E-state index is -4.58. The first kappa shape index (κ1) is 50.3. The molecule has 1 atom stereocenters. The van der Waals surface area contributed by atoms with Crippen molar-refractivity contribution in [3.05, 3.63) is 115 Å². The molecule has 0 fully saturated rings. The van der Waals surface area contributed by atoms with Crippen LogP contribution in [0.3, 0.4) is 0 Å². The summed E-state index contributed by atoms with van der Waals surface area (Å²) >= 11 is 0. The molecular formula is C57H83O5P. The van der Waals surface area contributed by atoms with Crippen molar-refractivity contribution in [1.82, 2.24) is 0 Å². The number of rotatable bonds is 12. The molecule has 0 bridgehead atoms. The third-order valence-electron chi connectivity index (χ3n) is 15.0. The summed E-state index contributed by atoms with van der Waals surface area (Å²) in [6.07, 6.45) is 4.06. The topological polar surface area (TPSA) is 65.0 Å². The van der Waals surface area contributed by atoms with Crippen LogP contribution in [0.15, 0.2) is 48.5 Å². The van der Waals surface area contributed by atoms with Gasteiger partial charge in [0.05, 0.1) is 0 Å². The second kappa shape index (κ2) is 17.3. The van der Waals surface area contributed by atoms with Crippen molar-refractivity contribution in [2.45, 2.75) is 216 Å². The van der Waals surface area contributed by atoms with Crippen LogP contribution in [-0.4, -0.2) is 5.11 Å². The molecule has 1 unspecified atom stereocenters. The second-order valence-corrected chi connectivity index (χ2v) is 25.0. The molecule has 346 valence electrons. The number of benzene rings is 4. The van der Waals surface area contributed by atoms with E-state index >= 15 is 4.57 Å². The van der Waals surface area contributed by atoms with E-state index in [1.807, 2.05) is 0 Å². The number of phenols is 1. The Labute approximate surface area is 383 Å². The third-order valence-corrected chi connectivity index (χ3v) is 16.2. The molecule has 0 saturated heterocycles. The quantitative estimate of drug-likeness (QED) is 0.144. The molecule has 0 amide bonds. The first-order chi connectivity index (χ1) is 28.8. The van der Waals surface area contributed by atoms with Crippen molar-refractivity contribution < 1.29 is 23.2 Å². The van der Waals surface area contributed by atoms with Crippen LogP contribution < -0.4 is 13.6 Å². The molecule has 0 saturated carbocycles. The third kappa shape index (κ3) is 10.1. The molecular weight excluding hydrogens is 796 g/mol. The first-order valence-corrected chi connectivity index (χ1v) is 25.3. The van der Waals surface area contributed by atoms with Gasteiger partial charge in [-0.3, -0.25) is 0 Å².